The minimum Gasteiger partial charge on any atom is -0.325 e. The second-order valence-corrected chi connectivity index (χ2v) is 8.79. The molecule has 1 N–H and O–H groups in total. The van der Waals surface area contributed by atoms with Gasteiger partial charge in [0.2, 0.25) is 5.91 Å². The molecule has 0 atom stereocenters. The van der Waals surface area contributed by atoms with Crippen LogP contribution in [0.3, 0.4) is 0 Å². The Bertz CT molecular complexity index is 976. The van der Waals surface area contributed by atoms with Crippen molar-refractivity contribution in [2.75, 3.05) is 11.1 Å². The number of nitrogens with zero attached hydrogens (tertiary/aromatic N) is 3. The van der Waals surface area contributed by atoms with E-state index in [9.17, 15) is 4.79 Å². The van der Waals surface area contributed by atoms with Crippen LogP contribution in [-0.2, 0) is 17.8 Å². The van der Waals surface area contributed by atoms with Crippen molar-refractivity contribution in [3.05, 3.63) is 70.0 Å². The Morgan fingerprint density at radius 2 is 1.86 bits per heavy atom. The molecule has 0 aliphatic heterocycles. The minimum absolute atomic E-state index is 0.142. The number of hydrogen-bond acceptors (Lipinski definition) is 4. The lowest BCUT2D eigenvalue weighted by Gasteiger charge is -2.12. The van der Waals surface area contributed by atoms with E-state index in [2.05, 4.69) is 46.1 Å². The predicted molar refractivity (Wildman–Crippen MR) is 120 cm³/mol. The van der Waals surface area contributed by atoms with Gasteiger partial charge >= 0.3 is 0 Å². The molecule has 0 radical (unpaired) electrons. The Morgan fingerprint density at radius 3 is 2.55 bits per heavy atom. The van der Waals surface area contributed by atoms with E-state index in [1.54, 1.807) is 18.2 Å². The van der Waals surface area contributed by atoms with Crippen LogP contribution in [0, 0.1) is 5.92 Å². The van der Waals surface area contributed by atoms with Gasteiger partial charge < -0.3 is 9.88 Å². The zero-order chi connectivity index (χ0) is 20.8. The van der Waals surface area contributed by atoms with E-state index in [0.29, 0.717) is 28.1 Å². The number of carbonyl (C=O) groups is 1. The molecule has 0 unspecified atom stereocenters. The highest BCUT2D eigenvalue weighted by Crippen LogP contribution is 2.25. The minimum atomic E-state index is -0.142. The zero-order valence-electron chi connectivity index (χ0n) is 16.2. The summed E-state index contributed by atoms with van der Waals surface area (Å²) >= 11 is 13.3. The van der Waals surface area contributed by atoms with E-state index < -0.39 is 0 Å². The Hall–Kier alpha value is -2.02. The molecule has 152 valence electrons. The molecule has 0 saturated carbocycles. The standard InChI is InChI=1S/C21H22Cl2N4OS/c1-14(2)12-27-19(10-15-6-4-3-5-7-15)25-26-21(27)29-13-20(28)24-16-8-9-17(22)18(23)11-16/h3-9,11,14H,10,12-13H2,1-2H3,(H,24,28). The van der Waals surface area contributed by atoms with Gasteiger partial charge in [0.15, 0.2) is 5.16 Å². The van der Waals surface area contributed by atoms with Gasteiger partial charge in [0.1, 0.15) is 5.82 Å². The third-order valence-electron chi connectivity index (χ3n) is 4.08. The van der Waals surface area contributed by atoms with E-state index in [1.165, 1.54) is 17.3 Å². The summed E-state index contributed by atoms with van der Waals surface area (Å²) in [6.07, 6.45) is 0.705. The van der Waals surface area contributed by atoms with E-state index in [4.69, 9.17) is 23.2 Å². The molecule has 0 spiro atoms. The molecule has 1 amide bonds. The highest BCUT2D eigenvalue weighted by molar-refractivity contribution is 7.99. The van der Waals surface area contributed by atoms with Crippen molar-refractivity contribution in [1.82, 2.24) is 14.8 Å². The first kappa shape index (κ1) is 21.7. The average molecular weight is 449 g/mol. The number of hydrogen-bond donors (Lipinski definition) is 1. The largest absolute Gasteiger partial charge is 0.325 e. The van der Waals surface area contributed by atoms with Crippen LogP contribution in [0.15, 0.2) is 53.7 Å². The number of carbonyl (C=O) groups excluding carboxylic acids is 1. The number of amides is 1. The van der Waals surface area contributed by atoms with Gasteiger partial charge in [0.25, 0.3) is 0 Å². The van der Waals surface area contributed by atoms with Crippen LogP contribution in [0.2, 0.25) is 10.0 Å². The number of halogens is 2. The molecule has 1 heterocycles. The number of rotatable bonds is 8. The Labute approximate surface area is 184 Å². The van der Waals surface area contributed by atoms with Gasteiger partial charge in [-0.3, -0.25) is 4.79 Å². The van der Waals surface area contributed by atoms with Crippen LogP contribution in [0.1, 0.15) is 25.2 Å². The third-order valence-corrected chi connectivity index (χ3v) is 5.79. The summed E-state index contributed by atoms with van der Waals surface area (Å²) in [5, 5.41) is 13.1. The fraction of sp³-hybridized carbons (Fsp3) is 0.286. The summed E-state index contributed by atoms with van der Waals surface area (Å²) in [4.78, 5) is 12.3. The van der Waals surface area contributed by atoms with Gasteiger partial charge in [-0.05, 0) is 29.7 Å². The van der Waals surface area contributed by atoms with Gasteiger partial charge in [-0.15, -0.1) is 10.2 Å². The summed E-state index contributed by atoms with van der Waals surface area (Å²) in [6.45, 7) is 5.10. The lowest BCUT2D eigenvalue weighted by atomic mass is 10.1. The second-order valence-electron chi connectivity index (χ2n) is 7.03. The Morgan fingerprint density at radius 1 is 1.10 bits per heavy atom. The molecule has 0 bridgehead atoms. The predicted octanol–water partition coefficient (Wildman–Crippen LogP) is 5.56. The van der Waals surface area contributed by atoms with Gasteiger partial charge in [-0.2, -0.15) is 0 Å². The lowest BCUT2D eigenvalue weighted by Crippen LogP contribution is -2.15. The monoisotopic (exact) mass is 448 g/mol. The van der Waals surface area contributed by atoms with Gasteiger partial charge in [-0.25, -0.2) is 0 Å². The number of thioether (sulfide) groups is 1. The second kappa shape index (κ2) is 10.1. The highest BCUT2D eigenvalue weighted by atomic mass is 35.5. The molecule has 1 aromatic heterocycles. The van der Waals surface area contributed by atoms with Crippen molar-refractivity contribution in [3.63, 3.8) is 0 Å². The topological polar surface area (TPSA) is 59.8 Å². The summed E-state index contributed by atoms with van der Waals surface area (Å²) in [5.41, 5.74) is 1.79. The molecule has 29 heavy (non-hydrogen) atoms. The highest BCUT2D eigenvalue weighted by Gasteiger charge is 2.16. The SMILES string of the molecule is CC(C)Cn1c(Cc2ccccc2)nnc1SCC(=O)Nc1ccc(Cl)c(Cl)c1. The van der Waals surface area contributed by atoms with Gasteiger partial charge in [0.05, 0.1) is 15.8 Å². The van der Waals surface area contributed by atoms with E-state index >= 15 is 0 Å². The summed E-state index contributed by atoms with van der Waals surface area (Å²) in [7, 11) is 0. The Balaban J connectivity index is 1.67. The normalized spacial score (nSPS) is 11.1. The van der Waals surface area contributed by atoms with Crippen molar-refractivity contribution < 1.29 is 4.79 Å². The quantitative estimate of drug-likeness (QED) is 0.458. The van der Waals surface area contributed by atoms with Crippen LogP contribution in [-0.4, -0.2) is 26.4 Å². The number of nitrogens with one attached hydrogen (secondary N) is 1. The first-order valence-electron chi connectivity index (χ1n) is 9.26. The number of aromatic nitrogens is 3. The van der Waals surface area contributed by atoms with Crippen LogP contribution in [0.25, 0.3) is 0 Å². The van der Waals surface area contributed by atoms with Crippen molar-refractivity contribution in [2.45, 2.75) is 32.0 Å². The molecule has 0 saturated heterocycles. The third kappa shape index (κ3) is 6.23. The van der Waals surface area contributed by atoms with Crippen LogP contribution in [0.4, 0.5) is 5.69 Å². The summed E-state index contributed by atoms with van der Waals surface area (Å²) in [5.74, 6) is 1.42. The molecule has 0 aliphatic rings. The van der Waals surface area contributed by atoms with Crippen molar-refractivity contribution in [1.29, 1.82) is 0 Å². The van der Waals surface area contributed by atoms with Crippen molar-refractivity contribution in [2.24, 2.45) is 5.92 Å². The Kier molecular flexibility index (Phi) is 7.58. The maximum atomic E-state index is 12.3. The lowest BCUT2D eigenvalue weighted by molar-refractivity contribution is -0.113. The number of benzene rings is 2. The molecular formula is C21H22Cl2N4OS. The van der Waals surface area contributed by atoms with E-state index in [0.717, 1.165) is 17.5 Å². The van der Waals surface area contributed by atoms with E-state index in [-0.39, 0.29) is 11.7 Å². The molecule has 3 rings (SSSR count). The van der Waals surface area contributed by atoms with Crippen LogP contribution < -0.4 is 5.32 Å². The first-order valence-corrected chi connectivity index (χ1v) is 11.0. The molecular weight excluding hydrogens is 427 g/mol. The first-order chi connectivity index (χ1) is 13.9. The molecule has 8 heteroatoms. The zero-order valence-corrected chi connectivity index (χ0v) is 18.6. The molecule has 3 aromatic rings. The summed E-state index contributed by atoms with van der Waals surface area (Å²) < 4.78 is 2.11. The smallest absolute Gasteiger partial charge is 0.234 e. The van der Waals surface area contributed by atoms with Gasteiger partial charge in [0, 0.05) is 18.7 Å². The molecule has 0 aliphatic carbocycles. The molecule has 2 aromatic carbocycles. The maximum absolute atomic E-state index is 12.3. The maximum Gasteiger partial charge on any atom is 0.234 e. The van der Waals surface area contributed by atoms with Gasteiger partial charge in [-0.1, -0.05) is 79.1 Å². The molecule has 0 fully saturated rings. The van der Waals surface area contributed by atoms with Crippen molar-refractivity contribution in [3.8, 4) is 0 Å². The fourth-order valence-electron chi connectivity index (χ4n) is 2.78. The van der Waals surface area contributed by atoms with Crippen molar-refractivity contribution >= 4 is 46.6 Å². The van der Waals surface area contributed by atoms with E-state index in [1.807, 2.05) is 18.2 Å². The average Bonchev–Trinajstić information content (AvgIpc) is 3.05. The fourth-order valence-corrected chi connectivity index (χ4v) is 3.85. The number of anilines is 1. The van der Waals surface area contributed by atoms with Crippen LogP contribution >= 0.6 is 35.0 Å². The van der Waals surface area contributed by atoms with Crippen LogP contribution in [0.5, 0.6) is 0 Å². The molecule has 5 nitrogen and oxygen atoms in total. The summed E-state index contributed by atoms with van der Waals surface area (Å²) in [6, 6.07) is 15.2.